The van der Waals surface area contributed by atoms with Gasteiger partial charge in [0.05, 0.1) is 17.3 Å². The first-order chi connectivity index (χ1) is 18.7. The van der Waals surface area contributed by atoms with Crippen LogP contribution in [-0.2, 0) is 19.4 Å². The number of nitrogens with one attached hydrogen (secondary N) is 1. The molecule has 0 saturated heterocycles. The lowest BCUT2D eigenvalue weighted by molar-refractivity contribution is -0.129. The molecule has 0 aromatic heterocycles. The topological polar surface area (TPSA) is 140 Å². The fourth-order valence-electron chi connectivity index (χ4n) is 4.22. The van der Waals surface area contributed by atoms with Gasteiger partial charge in [0.25, 0.3) is 5.91 Å². The number of hydrogen-bond donors (Lipinski definition) is 3. The third-order valence-electron chi connectivity index (χ3n) is 6.26. The lowest BCUT2D eigenvalue weighted by Crippen LogP contribution is -2.51. The summed E-state index contributed by atoms with van der Waals surface area (Å²) in [5.74, 6) is 5.12. The Kier molecular flexibility index (Phi) is 9.14. The van der Waals surface area contributed by atoms with Crippen molar-refractivity contribution in [1.82, 2.24) is 5.43 Å². The van der Waals surface area contributed by atoms with Crippen molar-refractivity contribution >= 4 is 44.8 Å². The van der Waals surface area contributed by atoms with E-state index in [2.05, 4.69) is 10.4 Å². The Hall–Kier alpha value is -3.15. The number of ether oxygens (including phenoxy) is 2. The second kappa shape index (κ2) is 12.4. The predicted octanol–water partition coefficient (Wildman–Crippen LogP) is 3.87. The highest BCUT2D eigenvalue weighted by molar-refractivity contribution is 7.91. The maximum absolute atomic E-state index is 13.4. The maximum atomic E-state index is 13.4. The second-order valence-corrected chi connectivity index (χ2v) is 11.8. The van der Waals surface area contributed by atoms with Crippen molar-refractivity contribution in [1.29, 1.82) is 0 Å². The number of hydrazine groups is 1. The van der Waals surface area contributed by atoms with Crippen LogP contribution in [0, 0.1) is 0 Å². The number of hydrogen-bond acceptors (Lipinski definition) is 8. The summed E-state index contributed by atoms with van der Waals surface area (Å²) in [6.45, 7) is 0.364. The lowest BCUT2D eigenvalue weighted by Gasteiger charge is -2.30. The summed E-state index contributed by atoms with van der Waals surface area (Å²) in [6.07, 6.45) is -0.862. The van der Waals surface area contributed by atoms with Crippen molar-refractivity contribution < 1.29 is 27.8 Å². The molecule has 1 heterocycles. The quantitative estimate of drug-likeness (QED) is 0.133. The molecule has 2 atom stereocenters. The summed E-state index contributed by atoms with van der Waals surface area (Å²) >= 11 is 12.6. The summed E-state index contributed by atoms with van der Waals surface area (Å²) in [5, 5.41) is 9.54. The van der Waals surface area contributed by atoms with Gasteiger partial charge in [-0.05, 0) is 48.5 Å². The van der Waals surface area contributed by atoms with E-state index in [4.69, 9.17) is 43.6 Å². The molecule has 39 heavy (non-hydrogen) atoms. The van der Waals surface area contributed by atoms with Gasteiger partial charge in [-0.2, -0.15) is 0 Å². The molecule has 3 aromatic rings. The summed E-state index contributed by atoms with van der Waals surface area (Å²) in [6, 6.07) is 19.4. The number of nitrogens with two attached hydrogens (primary N) is 1. The number of amides is 1. The first-order valence-electron chi connectivity index (χ1n) is 12.0. The Morgan fingerprint density at radius 3 is 2.46 bits per heavy atom. The van der Waals surface area contributed by atoms with Crippen molar-refractivity contribution in [3.8, 4) is 5.75 Å². The number of aliphatic hydroxyl groups excluding tert-OH is 1. The number of halogens is 2. The zero-order valence-corrected chi connectivity index (χ0v) is 23.0. The molecular weight excluding hydrogens is 565 g/mol. The van der Waals surface area contributed by atoms with Crippen LogP contribution in [0.15, 0.2) is 82.7 Å². The molecule has 1 aliphatic heterocycles. The zero-order valence-electron chi connectivity index (χ0n) is 20.7. The Labute approximate surface area is 236 Å². The van der Waals surface area contributed by atoms with E-state index in [0.717, 1.165) is 0 Å². The van der Waals surface area contributed by atoms with Crippen LogP contribution in [0.25, 0.3) is 0 Å². The van der Waals surface area contributed by atoms with Crippen molar-refractivity contribution in [2.24, 2.45) is 10.8 Å². The monoisotopic (exact) mass is 591 g/mol. The Morgan fingerprint density at radius 2 is 1.82 bits per heavy atom. The van der Waals surface area contributed by atoms with Crippen LogP contribution in [-0.4, -0.2) is 49.8 Å². The van der Waals surface area contributed by atoms with Crippen LogP contribution < -0.4 is 16.0 Å². The molecule has 0 unspecified atom stereocenters. The fraction of sp³-hybridized carbons (Fsp3) is 0.259. The number of rotatable bonds is 11. The number of aliphatic hydroxyl groups is 1. The molecular formula is C27H27Cl2N3O6S. The molecule has 0 spiro atoms. The molecule has 3 aromatic carbocycles. The summed E-state index contributed by atoms with van der Waals surface area (Å²) < 4.78 is 38.2. The molecule has 0 radical (unpaired) electrons. The molecule has 1 aliphatic rings. The summed E-state index contributed by atoms with van der Waals surface area (Å²) in [7, 11) is -3.78. The van der Waals surface area contributed by atoms with Gasteiger partial charge >= 0.3 is 0 Å². The molecule has 9 nitrogen and oxygen atoms in total. The van der Waals surface area contributed by atoms with Gasteiger partial charge < -0.3 is 14.6 Å². The van der Waals surface area contributed by atoms with Gasteiger partial charge in [0.15, 0.2) is 21.5 Å². The largest absolute Gasteiger partial charge is 0.494 e. The number of nitrogens with zero attached hydrogens (tertiary/aromatic N) is 1. The van der Waals surface area contributed by atoms with E-state index in [1.807, 2.05) is 0 Å². The fourth-order valence-corrected chi connectivity index (χ4v) is 6.12. The van der Waals surface area contributed by atoms with Gasteiger partial charge in [0.2, 0.25) is 5.90 Å². The van der Waals surface area contributed by atoms with E-state index in [0.29, 0.717) is 34.9 Å². The van der Waals surface area contributed by atoms with Gasteiger partial charge in [-0.3, -0.25) is 10.2 Å². The lowest BCUT2D eigenvalue weighted by atomic mass is 9.85. The number of benzene rings is 3. The van der Waals surface area contributed by atoms with Crippen LogP contribution in [0.2, 0.25) is 10.0 Å². The average molecular weight is 593 g/mol. The van der Waals surface area contributed by atoms with Gasteiger partial charge in [0.1, 0.15) is 5.75 Å². The van der Waals surface area contributed by atoms with E-state index in [-0.39, 0.29) is 28.8 Å². The number of carbonyl (C=O) groups is 1. The first-order valence-corrected chi connectivity index (χ1v) is 14.5. The third kappa shape index (κ3) is 6.37. The molecule has 1 amide bonds. The van der Waals surface area contributed by atoms with Crippen LogP contribution >= 0.6 is 23.2 Å². The smallest absolute Gasteiger partial charge is 0.266 e. The maximum Gasteiger partial charge on any atom is 0.266 e. The van der Waals surface area contributed by atoms with Gasteiger partial charge in [-0.15, -0.1) is 0 Å². The Balaban J connectivity index is 1.75. The van der Waals surface area contributed by atoms with Gasteiger partial charge in [-0.25, -0.2) is 19.3 Å². The Bertz CT molecular complexity index is 1450. The number of carbonyl (C=O) groups excluding carboxylic acids is 1. The minimum atomic E-state index is -3.78. The molecule has 206 valence electrons. The highest BCUT2D eigenvalue weighted by Crippen LogP contribution is 2.45. The van der Waals surface area contributed by atoms with Crippen molar-refractivity contribution in [3.63, 3.8) is 0 Å². The van der Waals surface area contributed by atoms with E-state index in [1.54, 1.807) is 54.6 Å². The second-order valence-electron chi connectivity index (χ2n) is 8.81. The van der Waals surface area contributed by atoms with Crippen LogP contribution in [0.4, 0.5) is 0 Å². The molecule has 12 heteroatoms. The van der Waals surface area contributed by atoms with Gasteiger partial charge in [0, 0.05) is 40.6 Å². The standard InChI is InChI=1S/C27H27Cl2N3O6S/c28-19-9-12-22(23(29)17-19)24-27(26(34)32-30,13-16-39(35,36)21-5-2-1-3-6-21)31-25(38-24)18-7-10-20(11-8-18)37-15-4-14-33/h1-3,5-12,17,24,33H,4,13-16,30H2,(H,32,34)/t24-,27-/m0/s1. The Morgan fingerprint density at radius 1 is 1.10 bits per heavy atom. The normalized spacial score (nSPS) is 18.8. The molecule has 0 aliphatic carbocycles. The SMILES string of the molecule is NNC(=O)[C@@]1(CCS(=O)(=O)c2ccccc2)N=C(c2ccc(OCCCO)cc2)O[C@H]1c1ccc(Cl)cc1Cl. The minimum absolute atomic E-state index is 0.0165. The van der Waals surface area contributed by atoms with E-state index in [9.17, 15) is 13.2 Å². The highest BCUT2D eigenvalue weighted by atomic mass is 35.5. The zero-order chi connectivity index (χ0) is 28.0. The molecule has 4 rings (SSSR count). The van der Waals surface area contributed by atoms with E-state index in [1.165, 1.54) is 18.2 Å². The highest BCUT2D eigenvalue weighted by Gasteiger charge is 2.54. The van der Waals surface area contributed by atoms with Crippen molar-refractivity contribution in [2.45, 2.75) is 29.4 Å². The van der Waals surface area contributed by atoms with Crippen molar-refractivity contribution in [3.05, 3.63) is 94.0 Å². The third-order valence-corrected chi connectivity index (χ3v) is 8.55. The number of aliphatic imine (C=N–C) groups is 1. The number of sulfone groups is 1. The minimum Gasteiger partial charge on any atom is -0.494 e. The van der Waals surface area contributed by atoms with E-state index < -0.39 is 33.1 Å². The van der Waals surface area contributed by atoms with E-state index >= 15 is 0 Å². The summed E-state index contributed by atoms with van der Waals surface area (Å²) in [4.78, 5) is 18.2. The van der Waals surface area contributed by atoms with Crippen molar-refractivity contribution in [2.75, 3.05) is 19.0 Å². The average Bonchev–Trinajstić information content (AvgIpc) is 3.33. The molecule has 0 bridgehead atoms. The molecule has 4 N–H and O–H groups in total. The summed E-state index contributed by atoms with van der Waals surface area (Å²) in [5.41, 5.74) is 1.29. The van der Waals surface area contributed by atoms with Crippen LogP contribution in [0.5, 0.6) is 5.75 Å². The van der Waals surface area contributed by atoms with Crippen LogP contribution in [0.1, 0.15) is 30.1 Å². The molecule has 0 fully saturated rings. The van der Waals surface area contributed by atoms with Crippen LogP contribution in [0.3, 0.4) is 0 Å². The first kappa shape index (κ1) is 28.8. The van der Waals surface area contributed by atoms with Gasteiger partial charge in [-0.1, -0.05) is 47.5 Å². The predicted molar refractivity (Wildman–Crippen MR) is 149 cm³/mol. The molecule has 0 saturated carbocycles.